The van der Waals surface area contributed by atoms with Crippen LogP contribution in [-0.2, 0) is 0 Å². The first kappa shape index (κ1) is 12.9. The average Bonchev–Trinajstić information content (AvgIpc) is 2.36. The molecule has 0 saturated carbocycles. The van der Waals surface area contributed by atoms with Crippen LogP contribution in [0.1, 0.15) is 17.2 Å². The van der Waals surface area contributed by atoms with Gasteiger partial charge in [0, 0.05) is 26.0 Å². The first-order chi connectivity index (χ1) is 8.22. The fraction of sp³-hybridized carbons (Fsp3) is 0.0909. The van der Waals surface area contributed by atoms with Crippen molar-refractivity contribution in [1.82, 2.24) is 15.4 Å². The van der Waals surface area contributed by atoms with Gasteiger partial charge in [0.15, 0.2) is 0 Å². The van der Waals surface area contributed by atoms with Crippen LogP contribution >= 0.6 is 38.5 Å². The number of nitrogens with two attached hydrogens (primary N) is 1. The molecule has 0 bridgehead atoms. The van der Waals surface area contributed by atoms with Gasteiger partial charge in [0.1, 0.15) is 6.33 Å². The van der Waals surface area contributed by atoms with E-state index in [9.17, 15) is 0 Å². The Labute approximate surface area is 121 Å². The SMILES string of the molecule is NNC(c1cncnc1)c1cc(Br)ccc1I. The lowest BCUT2D eigenvalue weighted by atomic mass is 10.0. The highest BCUT2D eigenvalue weighted by atomic mass is 127. The van der Waals surface area contributed by atoms with E-state index in [4.69, 9.17) is 5.84 Å². The largest absolute Gasteiger partial charge is 0.271 e. The van der Waals surface area contributed by atoms with E-state index in [0.29, 0.717) is 0 Å². The van der Waals surface area contributed by atoms with Gasteiger partial charge in [-0.25, -0.2) is 15.4 Å². The first-order valence-electron chi connectivity index (χ1n) is 4.88. The summed E-state index contributed by atoms with van der Waals surface area (Å²) in [6.07, 6.45) is 5.02. The highest BCUT2D eigenvalue weighted by Crippen LogP contribution is 2.27. The van der Waals surface area contributed by atoms with Crippen molar-refractivity contribution in [2.45, 2.75) is 6.04 Å². The zero-order valence-corrected chi connectivity index (χ0v) is 12.5. The van der Waals surface area contributed by atoms with Crippen LogP contribution in [0.25, 0.3) is 0 Å². The molecule has 1 unspecified atom stereocenters. The number of hydrogen-bond acceptors (Lipinski definition) is 4. The number of hydrazine groups is 1. The van der Waals surface area contributed by atoms with Crippen molar-refractivity contribution >= 4 is 38.5 Å². The van der Waals surface area contributed by atoms with Gasteiger partial charge in [-0.15, -0.1) is 0 Å². The number of aromatic nitrogens is 2. The topological polar surface area (TPSA) is 63.8 Å². The molecule has 2 aromatic rings. The second-order valence-electron chi connectivity index (χ2n) is 3.44. The van der Waals surface area contributed by atoms with Crippen molar-refractivity contribution in [1.29, 1.82) is 0 Å². The summed E-state index contributed by atoms with van der Waals surface area (Å²) in [7, 11) is 0. The summed E-state index contributed by atoms with van der Waals surface area (Å²) >= 11 is 5.75. The fourth-order valence-corrected chi connectivity index (χ4v) is 2.59. The van der Waals surface area contributed by atoms with Gasteiger partial charge in [-0.3, -0.25) is 5.84 Å². The highest BCUT2D eigenvalue weighted by molar-refractivity contribution is 14.1. The van der Waals surface area contributed by atoms with Gasteiger partial charge in [-0.2, -0.15) is 0 Å². The summed E-state index contributed by atoms with van der Waals surface area (Å²) in [5, 5.41) is 0. The number of halogens is 2. The van der Waals surface area contributed by atoms with E-state index < -0.39 is 0 Å². The summed E-state index contributed by atoms with van der Waals surface area (Å²) in [6.45, 7) is 0. The average molecular weight is 405 g/mol. The van der Waals surface area contributed by atoms with Crippen molar-refractivity contribution in [2.24, 2.45) is 5.84 Å². The Balaban J connectivity index is 2.46. The van der Waals surface area contributed by atoms with E-state index in [1.54, 1.807) is 12.4 Å². The predicted molar refractivity (Wildman–Crippen MR) is 78.1 cm³/mol. The molecule has 4 nitrogen and oxygen atoms in total. The number of nitrogens with zero attached hydrogens (tertiary/aromatic N) is 2. The molecular weight excluding hydrogens is 395 g/mol. The zero-order valence-electron chi connectivity index (χ0n) is 8.77. The number of benzene rings is 1. The lowest BCUT2D eigenvalue weighted by Gasteiger charge is -2.17. The molecule has 0 aliphatic rings. The number of rotatable bonds is 3. The molecule has 3 N–H and O–H groups in total. The van der Waals surface area contributed by atoms with Crippen LogP contribution in [0.5, 0.6) is 0 Å². The van der Waals surface area contributed by atoms with Gasteiger partial charge < -0.3 is 0 Å². The molecule has 0 amide bonds. The second kappa shape index (κ2) is 5.85. The molecule has 6 heteroatoms. The van der Waals surface area contributed by atoms with E-state index in [1.807, 2.05) is 18.2 Å². The molecule has 0 aliphatic carbocycles. The molecule has 17 heavy (non-hydrogen) atoms. The Bertz CT molecular complexity index is 506. The molecule has 1 aromatic heterocycles. The van der Waals surface area contributed by atoms with Crippen molar-refractivity contribution in [2.75, 3.05) is 0 Å². The maximum absolute atomic E-state index is 5.63. The smallest absolute Gasteiger partial charge is 0.115 e. The summed E-state index contributed by atoms with van der Waals surface area (Å²) in [4.78, 5) is 8.02. The Kier molecular flexibility index (Phi) is 4.43. The van der Waals surface area contributed by atoms with E-state index in [2.05, 4.69) is 53.9 Å². The summed E-state index contributed by atoms with van der Waals surface area (Å²) in [6, 6.07) is 5.97. The minimum atomic E-state index is -0.111. The molecular formula is C11H10BrIN4. The zero-order chi connectivity index (χ0) is 12.3. The van der Waals surface area contributed by atoms with Crippen LogP contribution in [0.2, 0.25) is 0 Å². The number of hydrogen-bond donors (Lipinski definition) is 2. The normalized spacial score (nSPS) is 12.4. The van der Waals surface area contributed by atoms with Crippen LogP contribution in [0.15, 0.2) is 41.4 Å². The van der Waals surface area contributed by atoms with Crippen molar-refractivity contribution < 1.29 is 0 Å². The monoisotopic (exact) mass is 404 g/mol. The lowest BCUT2D eigenvalue weighted by Crippen LogP contribution is -2.29. The molecule has 88 valence electrons. The minimum Gasteiger partial charge on any atom is -0.271 e. The summed E-state index contributed by atoms with van der Waals surface area (Å²) < 4.78 is 2.16. The maximum atomic E-state index is 5.63. The van der Waals surface area contributed by atoms with Gasteiger partial charge in [0.25, 0.3) is 0 Å². The van der Waals surface area contributed by atoms with E-state index in [-0.39, 0.29) is 6.04 Å². The van der Waals surface area contributed by atoms with Gasteiger partial charge >= 0.3 is 0 Å². The third-order valence-electron chi connectivity index (χ3n) is 2.35. The predicted octanol–water partition coefficient (Wildman–Crippen LogP) is 2.40. The minimum absolute atomic E-state index is 0.111. The van der Waals surface area contributed by atoms with E-state index in [0.717, 1.165) is 19.2 Å². The maximum Gasteiger partial charge on any atom is 0.115 e. The van der Waals surface area contributed by atoms with Crippen LogP contribution in [-0.4, -0.2) is 9.97 Å². The van der Waals surface area contributed by atoms with Crippen LogP contribution < -0.4 is 11.3 Å². The van der Waals surface area contributed by atoms with Crippen molar-refractivity contribution in [3.8, 4) is 0 Å². The molecule has 0 saturated heterocycles. The molecule has 0 spiro atoms. The molecule has 2 rings (SSSR count). The molecule has 1 heterocycles. The van der Waals surface area contributed by atoms with Crippen molar-refractivity contribution in [3.05, 3.63) is 56.1 Å². The Morgan fingerprint density at radius 3 is 2.65 bits per heavy atom. The molecule has 1 aromatic carbocycles. The molecule has 0 fully saturated rings. The molecule has 1 atom stereocenters. The van der Waals surface area contributed by atoms with Crippen LogP contribution in [0.4, 0.5) is 0 Å². The van der Waals surface area contributed by atoms with E-state index >= 15 is 0 Å². The highest BCUT2D eigenvalue weighted by Gasteiger charge is 2.16. The standard InChI is InChI=1S/C11H10BrIN4/c12-8-1-2-10(13)9(3-8)11(17-14)7-4-15-6-16-5-7/h1-6,11,17H,14H2. The summed E-state index contributed by atoms with van der Waals surface area (Å²) in [5.74, 6) is 5.63. The van der Waals surface area contributed by atoms with Gasteiger partial charge in [0.05, 0.1) is 6.04 Å². The first-order valence-corrected chi connectivity index (χ1v) is 6.75. The van der Waals surface area contributed by atoms with E-state index in [1.165, 1.54) is 6.33 Å². The van der Waals surface area contributed by atoms with Crippen LogP contribution in [0, 0.1) is 3.57 Å². The summed E-state index contributed by atoms with van der Waals surface area (Å²) in [5.41, 5.74) is 4.83. The Morgan fingerprint density at radius 2 is 2.00 bits per heavy atom. The quantitative estimate of drug-likeness (QED) is 0.468. The van der Waals surface area contributed by atoms with Crippen LogP contribution in [0.3, 0.4) is 0 Å². The second-order valence-corrected chi connectivity index (χ2v) is 5.52. The molecule has 0 radical (unpaired) electrons. The number of nitrogens with one attached hydrogen (secondary N) is 1. The van der Waals surface area contributed by atoms with Gasteiger partial charge in [-0.05, 0) is 46.4 Å². The Hall–Kier alpha value is -0.570. The third kappa shape index (κ3) is 3.01. The lowest BCUT2D eigenvalue weighted by molar-refractivity contribution is 0.629. The molecule has 0 aliphatic heterocycles. The van der Waals surface area contributed by atoms with Crippen molar-refractivity contribution in [3.63, 3.8) is 0 Å². The third-order valence-corrected chi connectivity index (χ3v) is 3.83. The Morgan fingerprint density at radius 1 is 1.29 bits per heavy atom. The van der Waals surface area contributed by atoms with Gasteiger partial charge in [-0.1, -0.05) is 15.9 Å². The fourth-order valence-electron chi connectivity index (χ4n) is 1.56. The van der Waals surface area contributed by atoms with Gasteiger partial charge in [0.2, 0.25) is 0 Å².